The third-order valence-corrected chi connectivity index (χ3v) is 2.13. The molecule has 1 aromatic heterocycles. The first kappa shape index (κ1) is 11.9. The summed E-state index contributed by atoms with van der Waals surface area (Å²) < 4.78 is 5.37. The molecule has 0 bridgehead atoms. The summed E-state index contributed by atoms with van der Waals surface area (Å²) >= 11 is 0. The summed E-state index contributed by atoms with van der Waals surface area (Å²) in [5, 5.41) is 8.93. The highest BCUT2D eigenvalue weighted by Gasteiger charge is 2.04. The maximum Gasteiger partial charge on any atom is 0.239 e. The number of hydrogen-bond donors (Lipinski definition) is 0. The average molecular weight is 240 g/mol. The van der Waals surface area contributed by atoms with Crippen LogP contribution in [-0.4, -0.2) is 29.0 Å². The van der Waals surface area contributed by atoms with E-state index in [2.05, 4.69) is 9.97 Å². The molecule has 2 aromatic rings. The lowest BCUT2D eigenvalue weighted by Crippen LogP contribution is -2.06. The van der Waals surface area contributed by atoms with Gasteiger partial charge in [0.2, 0.25) is 11.6 Å². The molecule has 0 atom stereocenters. The number of ether oxygens (including phenoxy) is 1. The second kappa shape index (κ2) is 5.15. The smallest absolute Gasteiger partial charge is 0.239 e. The number of fused-ring (bicyclic) bond motifs is 1. The number of allylic oxidation sites excluding steroid dienone is 1. The van der Waals surface area contributed by atoms with Crippen LogP contribution in [-0.2, 0) is 0 Å². The van der Waals surface area contributed by atoms with Crippen molar-refractivity contribution >= 4 is 11.0 Å². The molecule has 0 radical (unpaired) electrons. The molecule has 0 aliphatic rings. The molecule has 0 N–H and O–H groups in total. The van der Waals surface area contributed by atoms with Gasteiger partial charge in [0.05, 0.1) is 23.4 Å². The zero-order valence-corrected chi connectivity index (χ0v) is 10.2. The molecule has 0 aliphatic carbocycles. The Morgan fingerprint density at radius 2 is 2.06 bits per heavy atom. The summed E-state index contributed by atoms with van der Waals surface area (Å²) in [5.74, 6) is 0.480. The van der Waals surface area contributed by atoms with Gasteiger partial charge in [-0.1, -0.05) is 12.1 Å². The van der Waals surface area contributed by atoms with Crippen LogP contribution < -0.4 is 4.74 Å². The number of benzene rings is 1. The SMILES string of the molecule is CN(C)/C=C(\C#N)Oc1cnc2ccccc2n1. The van der Waals surface area contributed by atoms with Gasteiger partial charge in [0, 0.05) is 14.1 Å². The molecule has 5 heteroatoms. The van der Waals surface area contributed by atoms with Crippen molar-refractivity contribution in [3.8, 4) is 11.9 Å². The van der Waals surface area contributed by atoms with Crippen LogP contribution in [0.3, 0.4) is 0 Å². The first-order valence-corrected chi connectivity index (χ1v) is 5.37. The summed E-state index contributed by atoms with van der Waals surface area (Å²) in [5.41, 5.74) is 1.53. The topological polar surface area (TPSA) is 62.0 Å². The van der Waals surface area contributed by atoms with E-state index in [9.17, 15) is 0 Å². The first-order valence-electron chi connectivity index (χ1n) is 5.37. The second-order valence-corrected chi connectivity index (χ2v) is 3.87. The predicted molar refractivity (Wildman–Crippen MR) is 67.5 cm³/mol. The van der Waals surface area contributed by atoms with E-state index in [1.54, 1.807) is 11.1 Å². The largest absolute Gasteiger partial charge is 0.425 e. The van der Waals surface area contributed by atoms with Crippen molar-refractivity contribution in [1.29, 1.82) is 5.26 Å². The third kappa shape index (κ3) is 2.74. The molecule has 2 rings (SSSR count). The summed E-state index contributed by atoms with van der Waals surface area (Å²) in [7, 11) is 3.62. The molecule has 0 saturated carbocycles. The van der Waals surface area contributed by atoms with E-state index >= 15 is 0 Å². The van der Waals surface area contributed by atoms with Crippen molar-refractivity contribution in [2.75, 3.05) is 14.1 Å². The molecule has 1 heterocycles. The Morgan fingerprint density at radius 1 is 1.33 bits per heavy atom. The molecule has 90 valence electrons. The van der Waals surface area contributed by atoms with Crippen molar-refractivity contribution in [1.82, 2.24) is 14.9 Å². The van der Waals surface area contributed by atoms with E-state index < -0.39 is 0 Å². The average Bonchev–Trinajstić information content (AvgIpc) is 2.37. The van der Waals surface area contributed by atoms with Crippen molar-refractivity contribution in [3.05, 3.63) is 42.4 Å². The van der Waals surface area contributed by atoms with Gasteiger partial charge in [-0.3, -0.25) is 0 Å². The predicted octanol–water partition coefficient (Wildman–Crippen LogP) is 1.94. The highest BCUT2D eigenvalue weighted by atomic mass is 16.5. The summed E-state index contributed by atoms with van der Waals surface area (Å²) in [6.07, 6.45) is 3.08. The summed E-state index contributed by atoms with van der Waals surface area (Å²) in [6, 6.07) is 9.44. The Kier molecular flexibility index (Phi) is 3.39. The van der Waals surface area contributed by atoms with Crippen LogP contribution in [0.2, 0.25) is 0 Å². The number of nitriles is 1. The van der Waals surface area contributed by atoms with Crippen LogP contribution >= 0.6 is 0 Å². The fourth-order valence-corrected chi connectivity index (χ4v) is 1.41. The van der Waals surface area contributed by atoms with Crippen LogP contribution in [0.15, 0.2) is 42.4 Å². The summed E-state index contributed by atoms with van der Waals surface area (Å²) in [4.78, 5) is 10.2. The Bertz CT molecular complexity index is 628. The van der Waals surface area contributed by atoms with Gasteiger partial charge in [-0.05, 0) is 12.1 Å². The van der Waals surface area contributed by atoms with Gasteiger partial charge in [-0.2, -0.15) is 5.26 Å². The van der Waals surface area contributed by atoms with E-state index in [1.807, 2.05) is 44.4 Å². The van der Waals surface area contributed by atoms with Gasteiger partial charge in [0.25, 0.3) is 0 Å². The highest BCUT2D eigenvalue weighted by Crippen LogP contribution is 2.14. The second-order valence-electron chi connectivity index (χ2n) is 3.87. The number of rotatable bonds is 3. The van der Waals surface area contributed by atoms with E-state index in [-0.39, 0.29) is 5.76 Å². The van der Waals surface area contributed by atoms with E-state index in [1.165, 1.54) is 6.20 Å². The van der Waals surface area contributed by atoms with Gasteiger partial charge in [-0.15, -0.1) is 0 Å². The molecule has 0 saturated heterocycles. The maximum absolute atomic E-state index is 8.93. The van der Waals surface area contributed by atoms with Gasteiger partial charge in [0.1, 0.15) is 6.07 Å². The minimum atomic E-state index is 0.171. The lowest BCUT2D eigenvalue weighted by molar-refractivity contribution is 0.409. The van der Waals surface area contributed by atoms with Crippen molar-refractivity contribution < 1.29 is 4.74 Å². The monoisotopic (exact) mass is 240 g/mol. The van der Waals surface area contributed by atoms with Gasteiger partial charge in [-0.25, -0.2) is 9.97 Å². The minimum Gasteiger partial charge on any atom is -0.425 e. The third-order valence-electron chi connectivity index (χ3n) is 2.13. The van der Waals surface area contributed by atoms with Crippen LogP contribution in [0.4, 0.5) is 0 Å². The van der Waals surface area contributed by atoms with Crippen LogP contribution in [0.1, 0.15) is 0 Å². The maximum atomic E-state index is 8.93. The van der Waals surface area contributed by atoms with Crippen LogP contribution in [0, 0.1) is 11.3 Å². The zero-order valence-electron chi connectivity index (χ0n) is 10.2. The zero-order chi connectivity index (χ0) is 13.0. The summed E-state index contributed by atoms with van der Waals surface area (Å²) in [6.45, 7) is 0. The fourth-order valence-electron chi connectivity index (χ4n) is 1.41. The van der Waals surface area contributed by atoms with Gasteiger partial charge >= 0.3 is 0 Å². The molecule has 0 fully saturated rings. The molecular formula is C13H12N4O. The van der Waals surface area contributed by atoms with Gasteiger partial charge < -0.3 is 9.64 Å². The Morgan fingerprint density at radius 3 is 2.72 bits per heavy atom. The van der Waals surface area contributed by atoms with Crippen LogP contribution in [0.5, 0.6) is 5.88 Å². The van der Waals surface area contributed by atoms with Gasteiger partial charge in [0.15, 0.2) is 0 Å². The molecule has 0 unspecified atom stereocenters. The molecule has 0 amide bonds. The van der Waals surface area contributed by atoms with Crippen LogP contribution in [0.25, 0.3) is 11.0 Å². The molecule has 0 spiro atoms. The quantitative estimate of drug-likeness (QED) is 0.606. The number of hydrogen-bond acceptors (Lipinski definition) is 5. The normalized spacial score (nSPS) is 11.1. The number of nitrogens with zero attached hydrogens (tertiary/aromatic N) is 4. The molecule has 1 aromatic carbocycles. The minimum absolute atomic E-state index is 0.171. The van der Waals surface area contributed by atoms with E-state index in [4.69, 9.17) is 10.00 Å². The van der Waals surface area contributed by atoms with Crippen molar-refractivity contribution in [2.24, 2.45) is 0 Å². The highest BCUT2D eigenvalue weighted by molar-refractivity contribution is 5.73. The Balaban J connectivity index is 2.29. The lowest BCUT2D eigenvalue weighted by atomic mass is 10.3. The number of para-hydroxylation sites is 2. The Labute approximate surface area is 105 Å². The Hall–Kier alpha value is -2.61. The molecular weight excluding hydrogens is 228 g/mol. The standard InChI is InChI=1S/C13H12N4O/c1-17(2)9-10(7-14)18-13-8-15-11-5-3-4-6-12(11)16-13/h3-6,8-9H,1-2H3/b10-9+. The molecule has 18 heavy (non-hydrogen) atoms. The molecule has 5 nitrogen and oxygen atoms in total. The lowest BCUT2D eigenvalue weighted by Gasteiger charge is -2.07. The fraction of sp³-hybridized carbons (Fsp3) is 0.154. The van der Waals surface area contributed by atoms with Crippen molar-refractivity contribution in [3.63, 3.8) is 0 Å². The van der Waals surface area contributed by atoms with E-state index in [0.717, 1.165) is 11.0 Å². The number of aromatic nitrogens is 2. The molecule has 0 aliphatic heterocycles. The van der Waals surface area contributed by atoms with E-state index in [0.29, 0.717) is 5.88 Å². The van der Waals surface area contributed by atoms with Crippen molar-refractivity contribution in [2.45, 2.75) is 0 Å². The first-order chi connectivity index (χ1) is 8.69.